The van der Waals surface area contributed by atoms with Gasteiger partial charge in [0.2, 0.25) is 10.0 Å². The predicted molar refractivity (Wildman–Crippen MR) is 156 cm³/mol. The van der Waals surface area contributed by atoms with Gasteiger partial charge >= 0.3 is 0 Å². The Morgan fingerprint density at radius 3 is 2.30 bits per heavy atom. The third-order valence-electron chi connectivity index (χ3n) is 6.36. The van der Waals surface area contributed by atoms with Gasteiger partial charge in [-0.2, -0.15) is 9.57 Å². The van der Waals surface area contributed by atoms with Gasteiger partial charge in [0.1, 0.15) is 23.2 Å². The Kier molecular flexibility index (Phi) is 8.90. The number of carbonyl (C=O) groups is 1. The average Bonchev–Trinajstić information content (AvgIpc) is 3.37. The molecule has 4 rings (SSSR count). The number of hydrogen-bond acceptors (Lipinski definition) is 5. The van der Waals surface area contributed by atoms with Gasteiger partial charge in [-0.15, -0.1) is 0 Å². The van der Waals surface area contributed by atoms with Gasteiger partial charge in [0.05, 0.1) is 11.4 Å². The van der Waals surface area contributed by atoms with E-state index in [2.05, 4.69) is 5.32 Å². The lowest BCUT2D eigenvalue weighted by Gasteiger charge is -2.21. The quantitative estimate of drug-likeness (QED) is 0.175. The summed E-state index contributed by atoms with van der Waals surface area (Å²) in [5.41, 5.74) is 4.23. The number of hydrogen-bond donors (Lipinski definition) is 1. The van der Waals surface area contributed by atoms with Crippen molar-refractivity contribution in [2.24, 2.45) is 0 Å². The highest BCUT2D eigenvalue weighted by atomic mass is 35.5. The number of nitriles is 1. The molecule has 0 aliphatic rings. The van der Waals surface area contributed by atoms with Crippen LogP contribution >= 0.6 is 11.6 Å². The number of nitrogens with one attached hydrogen (secondary N) is 1. The number of aryl methyl sites for hydroxylation is 3. The zero-order valence-electron chi connectivity index (χ0n) is 22.3. The highest BCUT2D eigenvalue weighted by Crippen LogP contribution is 2.24. The van der Waals surface area contributed by atoms with Crippen LogP contribution in [0.2, 0.25) is 5.02 Å². The lowest BCUT2D eigenvalue weighted by Crippen LogP contribution is -2.30. The largest absolute Gasteiger partial charge is 0.460 e. The molecule has 0 radical (unpaired) electrons. The molecule has 0 saturated carbocycles. The summed E-state index contributed by atoms with van der Waals surface area (Å²) in [5, 5.41) is 12.9. The maximum Gasteiger partial charge on any atom is 0.266 e. The minimum absolute atomic E-state index is 0.0661. The Hall–Kier alpha value is -4.16. The van der Waals surface area contributed by atoms with Crippen LogP contribution in [0.4, 0.5) is 5.69 Å². The molecule has 0 saturated heterocycles. The molecule has 0 aliphatic heterocycles. The van der Waals surface area contributed by atoms with Crippen molar-refractivity contribution in [2.75, 3.05) is 5.32 Å². The van der Waals surface area contributed by atoms with Gasteiger partial charge in [0.25, 0.3) is 5.91 Å². The van der Waals surface area contributed by atoms with Crippen molar-refractivity contribution in [3.63, 3.8) is 0 Å². The lowest BCUT2D eigenvalue weighted by atomic mass is 10.1. The van der Waals surface area contributed by atoms with Gasteiger partial charge in [0, 0.05) is 23.3 Å². The van der Waals surface area contributed by atoms with Gasteiger partial charge in [0.15, 0.2) is 0 Å². The first-order valence-corrected chi connectivity index (χ1v) is 14.3. The molecule has 0 bridgehead atoms. The van der Waals surface area contributed by atoms with Crippen molar-refractivity contribution in [3.05, 3.63) is 123 Å². The highest BCUT2D eigenvalue weighted by Gasteiger charge is 2.26. The fraction of sp³-hybridized carbons (Fsp3) is 0.161. The first-order chi connectivity index (χ1) is 19.0. The Morgan fingerprint density at radius 2 is 1.65 bits per heavy atom. The van der Waals surface area contributed by atoms with E-state index >= 15 is 0 Å². The van der Waals surface area contributed by atoms with E-state index in [1.807, 2.05) is 39.0 Å². The average molecular weight is 574 g/mol. The number of rotatable bonds is 9. The zero-order chi connectivity index (χ0) is 28.9. The summed E-state index contributed by atoms with van der Waals surface area (Å²) in [6.45, 7) is 5.81. The fourth-order valence-corrected chi connectivity index (χ4v) is 5.44. The summed E-state index contributed by atoms with van der Waals surface area (Å²) in [6, 6.07) is 24.2. The van der Waals surface area contributed by atoms with E-state index in [1.165, 1.54) is 10.4 Å². The van der Waals surface area contributed by atoms with Gasteiger partial charge in [-0.1, -0.05) is 47.5 Å². The third-order valence-corrected chi connectivity index (χ3v) is 8.42. The number of furan rings is 1. The molecule has 0 fully saturated rings. The number of carbonyl (C=O) groups excluding carboxylic acids is 1. The van der Waals surface area contributed by atoms with Crippen LogP contribution in [0.1, 0.15) is 33.8 Å². The van der Waals surface area contributed by atoms with Crippen molar-refractivity contribution in [1.82, 2.24) is 4.31 Å². The van der Waals surface area contributed by atoms with Crippen LogP contribution in [-0.2, 0) is 27.9 Å². The Balaban J connectivity index is 1.57. The molecule has 1 N–H and O–H groups in total. The van der Waals surface area contributed by atoms with E-state index in [-0.39, 0.29) is 29.3 Å². The Labute approximate surface area is 239 Å². The molecule has 1 amide bonds. The monoisotopic (exact) mass is 573 g/mol. The lowest BCUT2D eigenvalue weighted by molar-refractivity contribution is -0.112. The summed E-state index contributed by atoms with van der Waals surface area (Å²) in [4.78, 5) is 12.9. The van der Waals surface area contributed by atoms with Crippen molar-refractivity contribution < 1.29 is 17.6 Å². The topological polar surface area (TPSA) is 103 Å². The SMILES string of the molecule is Cc1ccc(S(=O)(=O)N(Cc2ccc(Cl)cc2)Cc2ccc(/C=C(/C#N)C(=O)Nc3ccc(C)c(C)c3)o2)cc1. The van der Waals surface area contributed by atoms with E-state index in [0.717, 1.165) is 22.3 Å². The normalized spacial score (nSPS) is 11.8. The molecular weight excluding hydrogens is 546 g/mol. The second-order valence-corrected chi connectivity index (χ2v) is 11.8. The van der Waals surface area contributed by atoms with Crippen LogP contribution in [0.25, 0.3) is 6.08 Å². The van der Waals surface area contributed by atoms with Gasteiger partial charge < -0.3 is 9.73 Å². The zero-order valence-corrected chi connectivity index (χ0v) is 23.9. The minimum Gasteiger partial charge on any atom is -0.460 e. The molecule has 40 heavy (non-hydrogen) atoms. The summed E-state index contributed by atoms with van der Waals surface area (Å²) in [7, 11) is -3.89. The van der Waals surface area contributed by atoms with Crippen LogP contribution in [0.5, 0.6) is 0 Å². The molecule has 1 heterocycles. The van der Waals surface area contributed by atoms with Crippen molar-refractivity contribution in [2.45, 2.75) is 38.8 Å². The maximum absolute atomic E-state index is 13.6. The van der Waals surface area contributed by atoms with Crippen LogP contribution in [0.15, 0.2) is 93.7 Å². The molecule has 204 valence electrons. The molecule has 0 atom stereocenters. The molecule has 0 unspecified atom stereocenters. The van der Waals surface area contributed by atoms with E-state index in [4.69, 9.17) is 16.0 Å². The number of amides is 1. The van der Waals surface area contributed by atoms with E-state index in [0.29, 0.717) is 16.5 Å². The van der Waals surface area contributed by atoms with E-state index in [9.17, 15) is 18.5 Å². The second kappa shape index (κ2) is 12.3. The van der Waals surface area contributed by atoms with Gasteiger partial charge in [-0.3, -0.25) is 4.79 Å². The van der Waals surface area contributed by atoms with E-state index in [1.54, 1.807) is 66.7 Å². The molecule has 0 spiro atoms. The second-order valence-electron chi connectivity index (χ2n) is 9.44. The smallest absolute Gasteiger partial charge is 0.266 e. The number of anilines is 1. The number of halogens is 1. The van der Waals surface area contributed by atoms with Crippen molar-refractivity contribution in [3.8, 4) is 6.07 Å². The van der Waals surface area contributed by atoms with Gasteiger partial charge in [-0.05, 0) is 86.0 Å². The van der Waals surface area contributed by atoms with Crippen LogP contribution in [-0.4, -0.2) is 18.6 Å². The van der Waals surface area contributed by atoms with Crippen LogP contribution in [0.3, 0.4) is 0 Å². The minimum atomic E-state index is -3.89. The molecule has 1 aromatic heterocycles. The standard InChI is InChI=1S/C31H28ClN3O4S/c1-21-4-14-30(15-5-21)40(37,38)35(19-24-7-9-26(32)10-8-24)20-29-13-12-28(39-29)17-25(18-33)31(36)34-27-11-6-22(2)23(3)16-27/h4-17H,19-20H2,1-3H3,(H,34,36)/b25-17-. The molecular formula is C31H28ClN3O4S. The highest BCUT2D eigenvalue weighted by molar-refractivity contribution is 7.89. The molecule has 7 nitrogen and oxygen atoms in total. The molecule has 4 aromatic rings. The predicted octanol–water partition coefficient (Wildman–Crippen LogP) is 6.80. The number of nitrogens with zero attached hydrogens (tertiary/aromatic N) is 2. The maximum atomic E-state index is 13.6. The van der Waals surface area contributed by atoms with Crippen molar-refractivity contribution >= 4 is 39.3 Å². The van der Waals surface area contributed by atoms with E-state index < -0.39 is 15.9 Å². The summed E-state index contributed by atoms with van der Waals surface area (Å²) in [5.74, 6) is 0.0266. The number of benzene rings is 3. The molecule has 9 heteroatoms. The number of sulfonamides is 1. The van der Waals surface area contributed by atoms with Crippen molar-refractivity contribution in [1.29, 1.82) is 5.26 Å². The van der Waals surface area contributed by atoms with Crippen LogP contribution in [0, 0.1) is 32.1 Å². The third kappa shape index (κ3) is 7.07. The Bertz CT molecular complexity index is 1700. The fourth-order valence-electron chi connectivity index (χ4n) is 3.92. The summed E-state index contributed by atoms with van der Waals surface area (Å²) < 4.78 is 34.4. The molecule has 0 aliphatic carbocycles. The van der Waals surface area contributed by atoms with Crippen LogP contribution < -0.4 is 5.32 Å². The summed E-state index contributed by atoms with van der Waals surface area (Å²) >= 11 is 6.01. The first kappa shape index (κ1) is 28.8. The summed E-state index contributed by atoms with van der Waals surface area (Å²) in [6.07, 6.45) is 1.33. The first-order valence-electron chi connectivity index (χ1n) is 12.5. The Morgan fingerprint density at radius 1 is 0.950 bits per heavy atom. The van der Waals surface area contributed by atoms with Gasteiger partial charge in [-0.25, -0.2) is 8.42 Å². The molecule has 3 aromatic carbocycles.